The summed E-state index contributed by atoms with van der Waals surface area (Å²) in [5, 5.41) is 4.91. The Hall–Kier alpha value is -3.60. The van der Waals surface area contributed by atoms with E-state index in [-0.39, 0.29) is 31.2 Å². The van der Waals surface area contributed by atoms with Crippen LogP contribution in [0.2, 0.25) is 0 Å². The highest BCUT2D eigenvalue weighted by atomic mass is 16.5. The molecule has 11 nitrogen and oxygen atoms in total. The van der Waals surface area contributed by atoms with Gasteiger partial charge in [0.1, 0.15) is 11.5 Å². The summed E-state index contributed by atoms with van der Waals surface area (Å²) in [6.45, 7) is 6.06. The van der Waals surface area contributed by atoms with Gasteiger partial charge in [-0.05, 0) is 37.5 Å². The van der Waals surface area contributed by atoms with Gasteiger partial charge < -0.3 is 20.7 Å². The zero-order valence-corrected chi connectivity index (χ0v) is 19.5. The number of aromatic nitrogens is 2. The number of anilines is 3. The monoisotopic (exact) mass is 460 g/mol. The molecule has 1 aromatic carbocycles. The number of carbonyl (C=O) groups is 2. The summed E-state index contributed by atoms with van der Waals surface area (Å²) < 4.78 is 6.35. The van der Waals surface area contributed by atoms with Crippen LogP contribution < -0.4 is 32.5 Å². The number of benzene rings is 1. The summed E-state index contributed by atoms with van der Waals surface area (Å²) in [4.78, 5) is 53.4. The number of nitrogens with zero attached hydrogens (tertiary/aromatic N) is 2. The third-order valence-corrected chi connectivity index (χ3v) is 5.27. The van der Waals surface area contributed by atoms with Crippen molar-refractivity contribution in [2.75, 3.05) is 42.8 Å². The molecule has 1 heterocycles. The molecule has 0 aliphatic carbocycles. The van der Waals surface area contributed by atoms with Crippen LogP contribution in [0.25, 0.3) is 0 Å². The van der Waals surface area contributed by atoms with E-state index in [2.05, 4.69) is 15.6 Å². The van der Waals surface area contributed by atoms with Crippen LogP contribution in [0, 0.1) is 13.8 Å². The summed E-state index contributed by atoms with van der Waals surface area (Å²) >= 11 is 0. The number of nitrogens with one attached hydrogen (secondary N) is 3. The van der Waals surface area contributed by atoms with Crippen molar-refractivity contribution in [2.24, 2.45) is 0 Å². The summed E-state index contributed by atoms with van der Waals surface area (Å²) in [5.41, 5.74) is 7.28. The van der Waals surface area contributed by atoms with E-state index < -0.39 is 23.2 Å². The van der Waals surface area contributed by atoms with E-state index in [1.165, 1.54) is 16.6 Å². The minimum Gasteiger partial charge on any atom is -0.383 e. The van der Waals surface area contributed by atoms with Gasteiger partial charge in [0.2, 0.25) is 5.91 Å². The number of carbonyl (C=O) groups excluding carboxylic acids is 2. The normalized spacial score (nSPS) is 10.7. The summed E-state index contributed by atoms with van der Waals surface area (Å²) in [7, 11) is 1.48. The average Bonchev–Trinajstić information content (AvgIpc) is 2.74. The number of H-pyrrole nitrogens is 1. The van der Waals surface area contributed by atoms with E-state index in [0.29, 0.717) is 18.7 Å². The average molecular weight is 461 g/mol. The van der Waals surface area contributed by atoms with E-state index in [4.69, 9.17) is 10.5 Å². The molecule has 0 radical (unpaired) electrons. The maximum atomic E-state index is 12.6. The SMILES string of the molecule is CCCCn1c(N)c(N(CCOC)CC(=O)NC(=O)Nc2cccc(C)c2C)c(=O)[nH]c1=O. The lowest BCUT2D eigenvalue weighted by molar-refractivity contribution is -0.118. The van der Waals surface area contributed by atoms with Crippen LogP contribution in [0.15, 0.2) is 27.8 Å². The number of nitrogen functional groups attached to an aromatic ring is 1. The molecular weight excluding hydrogens is 428 g/mol. The Morgan fingerprint density at radius 1 is 1.24 bits per heavy atom. The van der Waals surface area contributed by atoms with Gasteiger partial charge in [-0.15, -0.1) is 0 Å². The molecule has 2 rings (SSSR count). The number of methoxy groups -OCH3 is 1. The molecular formula is C22H32N6O5. The van der Waals surface area contributed by atoms with Crippen molar-refractivity contribution >= 4 is 29.1 Å². The van der Waals surface area contributed by atoms with Gasteiger partial charge in [-0.2, -0.15) is 0 Å². The standard InChI is InChI=1S/C22H32N6O5/c1-5-6-10-28-19(23)18(20(30)26-22(28)32)27(11-12-33-4)13-17(29)25-21(31)24-16-9-7-8-14(2)15(16)3/h7-9H,5-6,10-13,23H2,1-4H3,(H,26,30,32)(H2,24,25,29,31). The number of rotatable bonds is 10. The summed E-state index contributed by atoms with van der Waals surface area (Å²) in [5.74, 6) is -0.694. The Morgan fingerprint density at radius 2 is 1.97 bits per heavy atom. The fourth-order valence-electron chi connectivity index (χ4n) is 3.27. The van der Waals surface area contributed by atoms with Gasteiger partial charge in [0.15, 0.2) is 0 Å². The zero-order valence-electron chi connectivity index (χ0n) is 19.5. The molecule has 0 saturated carbocycles. The minimum absolute atomic E-state index is 0.0205. The molecule has 0 fully saturated rings. The van der Waals surface area contributed by atoms with Crippen LogP contribution in [0.4, 0.5) is 22.0 Å². The van der Waals surface area contributed by atoms with Gasteiger partial charge in [-0.1, -0.05) is 25.5 Å². The maximum absolute atomic E-state index is 12.6. The molecule has 3 amide bonds. The second-order valence-electron chi connectivity index (χ2n) is 7.66. The Bertz CT molecular complexity index is 1110. The van der Waals surface area contributed by atoms with E-state index in [1.807, 2.05) is 26.8 Å². The van der Waals surface area contributed by atoms with Gasteiger partial charge in [-0.25, -0.2) is 9.59 Å². The van der Waals surface area contributed by atoms with Gasteiger partial charge in [-0.3, -0.25) is 24.5 Å². The molecule has 180 valence electrons. The molecule has 33 heavy (non-hydrogen) atoms. The molecule has 5 N–H and O–H groups in total. The van der Waals surface area contributed by atoms with Gasteiger partial charge in [0.25, 0.3) is 5.56 Å². The molecule has 0 unspecified atom stereocenters. The van der Waals surface area contributed by atoms with Crippen LogP contribution in [0.5, 0.6) is 0 Å². The first-order valence-electron chi connectivity index (χ1n) is 10.7. The lowest BCUT2D eigenvalue weighted by atomic mass is 10.1. The Morgan fingerprint density at radius 3 is 2.64 bits per heavy atom. The second kappa shape index (κ2) is 11.9. The van der Waals surface area contributed by atoms with Crippen molar-refractivity contribution in [3.05, 3.63) is 50.2 Å². The molecule has 1 aromatic heterocycles. The Balaban J connectivity index is 2.23. The quantitative estimate of drug-likeness (QED) is 0.417. The van der Waals surface area contributed by atoms with E-state index in [1.54, 1.807) is 12.1 Å². The van der Waals surface area contributed by atoms with Gasteiger partial charge in [0.05, 0.1) is 13.2 Å². The molecule has 0 bridgehead atoms. The van der Waals surface area contributed by atoms with Crippen LogP contribution in [0.1, 0.15) is 30.9 Å². The highest BCUT2D eigenvalue weighted by Gasteiger charge is 2.22. The van der Waals surface area contributed by atoms with Gasteiger partial charge in [0, 0.05) is 25.9 Å². The second-order valence-corrected chi connectivity index (χ2v) is 7.66. The number of amides is 3. The Labute approximate surface area is 191 Å². The summed E-state index contributed by atoms with van der Waals surface area (Å²) in [6.07, 6.45) is 1.51. The number of hydrogen-bond donors (Lipinski definition) is 4. The van der Waals surface area contributed by atoms with Gasteiger partial charge >= 0.3 is 11.7 Å². The third kappa shape index (κ3) is 6.69. The number of aromatic amines is 1. The van der Waals surface area contributed by atoms with Crippen molar-refractivity contribution in [1.82, 2.24) is 14.9 Å². The van der Waals surface area contributed by atoms with Crippen LogP contribution in [0.3, 0.4) is 0 Å². The molecule has 0 saturated heterocycles. The van der Waals surface area contributed by atoms with Crippen molar-refractivity contribution in [2.45, 2.75) is 40.2 Å². The van der Waals surface area contributed by atoms with Crippen LogP contribution in [-0.4, -0.2) is 48.3 Å². The number of imide groups is 1. The number of urea groups is 1. The van der Waals surface area contributed by atoms with E-state index in [0.717, 1.165) is 17.5 Å². The van der Waals surface area contributed by atoms with Crippen molar-refractivity contribution in [3.8, 4) is 0 Å². The topological polar surface area (TPSA) is 152 Å². The largest absolute Gasteiger partial charge is 0.383 e. The highest BCUT2D eigenvalue weighted by Crippen LogP contribution is 2.18. The third-order valence-electron chi connectivity index (χ3n) is 5.27. The predicted octanol–water partition coefficient (Wildman–Crippen LogP) is 1.34. The molecule has 2 aromatic rings. The van der Waals surface area contributed by atoms with E-state index in [9.17, 15) is 19.2 Å². The van der Waals surface area contributed by atoms with Crippen LogP contribution in [-0.2, 0) is 16.1 Å². The van der Waals surface area contributed by atoms with Crippen molar-refractivity contribution in [1.29, 1.82) is 0 Å². The fraction of sp³-hybridized carbons (Fsp3) is 0.455. The lowest BCUT2D eigenvalue weighted by Gasteiger charge is -2.25. The lowest BCUT2D eigenvalue weighted by Crippen LogP contribution is -2.46. The first-order chi connectivity index (χ1) is 15.7. The summed E-state index contributed by atoms with van der Waals surface area (Å²) in [6, 6.07) is 4.75. The molecule has 0 aliphatic heterocycles. The fourth-order valence-corrected chi connectivity index (χ4v) is 3.27. The number of aryl methyl sites for hydroxylation is 1. The molecule has 11 heteroatoms. The molecule has 0 atom stereocenters. The molecule has 0 aliphatic rings. The van der Waals surface area contributed by atoms with Crippen molar-refractivity contribution in [3.63, 3.8) is 0 Å². The first kappa shape index (κ1) is 25.7. The highest BCUT2D eigenvalue weighted by molar-refractivity contribution is 6.02. The first-order valence-corrected chi connectivity index (χ1v) is 10.7. The zero-order chi connectivity index (χ0) is 24.5. The van der Waals surface area contributed by atoms with Crippen molar-refractivity contribution < 1.29 is 14.3 Å². The maximum Gasteiger partial charge on any atom is 0.330 e. The number of nitrogens with two attached hydrogens (primary N) is 1. The van der Waals surface area contributed by atoms with E-state index >= 15 is 0 Å². The molecule has 0 spiro atoms. The minimum atomic E-state index is -0.714. The number of unbranched alkanes of at least 4 members (excludes halogenated alkanes) is 1. The number of ether oxygens (including phenoxy) is 1. The van der Waals surface area contributed by atoms with Crippen LogP contribution >= 0.6 is 0 Å². The predicted molar refractivity (Wildman–Crippen MR) is 128 cm³/mol. The smallest absolute Gasteiger partial charge is 0.330 e. The Kier molecular flexibility index (Phi) is 9.22. The number of hydrogen-bond acceptors (Lipinski definition) is 7.